The maximum Gasteiger partial charge on any atom is 0.237 e. The Hall–Kier alpha value is -3.61. The van der Waals surface area contributed by atoms with Gasteiger partial charge in [0, 0.05) is 24.7 Å². The molecule has 1 fully saturated rings. The van der Waals surface area contributed by atoms with E-state index < -0.39 is 5.72 Å². The van der Waals surface area contributed by atoms with Crippen molar-refractivity contribution in [3.8, 4) is 11.4 Å². The average Bonchev–Trinajstić information content (AvgIpc) is 3.42. The number of hydrogen-bond donors (Lipinski definition) is 0. The molecule has 2 aromatic carbocycles. The number of methoxy groups -OCH3 is 1. The molecule has 1 aromatic heterocycles. The van der Waals surface area contributed by atoms with Crippen LogP contribution in [0.1, 0.15) is 36.1 Å². The van der Waals surface area contributed by atoms with Gasteiger partial charge < -0.3 is 19.0 Å². The molecule has 1 saturated heterocycles. The molecule has 6 nitrogen and oxygen atoms in total. The van der Waals surface area contributed by atoms with Crippen LogP contribution in [0.5, 0.6) is 5.75 Å². The molecule has 1 atom stereocenters. The van der Waals surface area contributed by atoms with Gasteiger partial charge >= 0.3 is 0 Å². The molecular weight excluding hydrogens is 407 g/mol. The van der Waals surface area contributed by atoms with E-state index in [1.807, 2.05) is 48.0 Å². The molecule has 0 spiro atoms. The Balaban J connectivity index is 1.40. The molecule has 2 aliphatic heterocycles. The van der Waals surface area contributed by atoms with Crippen molar-refractivity contribution in [3.05, 3.63) is 83.7 Å². The third-order valence-corrected chi connectivity index (χ3v) is 6.06. The molecule has 0 aliphatic carbocycles. The van der Waals surface area contributed by atoms with E-state index in [-0.39, 0.29) is 5.82 Å². The highest BCUT2D eigenvalue weighted by atomic mass is 19.1. The number of piperidine rings is 1. The van der Waals surface area contributed by atoms with E-state index >= 15 is 0 Å². The van der Waals surface area contributed by atoms with Gasteiger partial charge in [-0.25, -0.2) is 9.37 Å². The molecule has 0 saturated carbocycles. The fourth-order valence-corrected chi connectivity index (χ4v) is 4.43. The highest BCUT2D eigenvalue weighted by Gasteiger charge is 2.48. The molecule has 5 rings (SSSR count). The number of amidine groups is 1. The number of aryl methyl sites for hydroxylation is 1. The molecule has 2 aliphatic rings. The van der Waals surface area contributed by atoms with E-state index in [1.165, 1.54) is 12.1 Å². The number of fused-ring (bicyclic) bond motifs is 1. The maximum atomic E-state index is 13.5. The van der Waals surface area contributed by atoms with Crippen molar-refractivity contribution in [2.45, 2.75) is 31.9 Å². The second kappa shape index (κ2) is 8.15. The number of rotatable bonds is 5. The fourth-order valence-electron chi connectivity index (χ4n) is 4.43. The minimum atomic E-state index is -0.660. The minimum Gasteiger partial charge on any atom is -0.495 e. The van der Waals surface area contributed by atoms with E-state index in [1.54, 1.807) is 25.6 Å². The SMILES string of the molecule is COc1cc(/C=C/C2=NO[C@]3(c4ccc(F)cc4)CCCCN23)ccc1-n1cnc(C)c1. The van der Waals surface area contributed by atoms with Crippen molar-refractivity contribution >= 4 is 11.9 Å². The van der Waals surface area contributed by atoms with Gasteiger partial charge in [-0.2, -0.15) is 0 Å². The maximum absolute atomic E-state index is 13.5. The number of ether oxygens (including phenoxy) is 1. The van der Waals surface area contributed by atoms with Crippen molar-refractivity contribution in [3.63, 3.8) is 0 Å². The fraction of sp³-hybridized carbons (Fsp3) is 0.280. The van der Waals surface area contributed by atoms with Crippen LogP contribution >= 0.6 is 0 Å². The Morgan fingerprint density at radius 1 is 1.12 bits per heavy atom. The van der Waals surface area contributed by atoms with Crippen LogP contribution in [-0.2, 0) is 10.6 Å². The first-order valence-corrected chi connectivity index (χ1v) is 10.8. The third-order valence-electron chi connectivity index (χ3n) is 6.06. The number of aromatic nitrogens is 2. The van der Waals surface area contributed by atoms with Crippen molar-refractivity contribution in [1.29, 1.82) is 0 Å². The van der Waals surface area contributed by atoms with Gasteiger partial charge in [0.15, 0.2) is 5.84 Å². The van der Waals surface area contributed by atoms with E-state index in [0.29, 0.717) is 0 Å². The number of nitrogens with zero attached hydrogens (tertiary/aromatic N) is 4. The predicted molar refractivity (Wildman–Crippen MR) is 121 cm³/mol. The molecule has 0 bridgehead atoms. The van der Waals surface area contributed by atoms with E-state index in [9.17, 15) is 4.39 Å². The summed E-state index contributed by atoms with van der Waals surface area (Å²) >= 11 is 0. The van der Waals surface area contributed by atoms with Gasteiger partial charge in [0.05, 0.1) is 24.8 Å². The van der Waals surface area contributed by atoms with Gasteiger partial charge in [0.2, 0.25) is 5.72 Å². The Labute approximate surface area is 186 Å². The Kier molecular flexibility index (Phi) is 5.17. The second-order valence-corrected chi connectivity index (χ2v) is 8.13. The van der Waals surface area contributed by atoms with Gasteiger partial charge in [0.1, 0.15) is 11.6 Å². The summed E-state index contributed by atoms with van der Waals surface area (Å²) in [5.41, 5.74) is 3.13. The summed E-state index contributed by atoms with van der Waals surface area (Å²) in [5, 5.41) is 4.40. The predicted octanol–water partition coefficient (Wildman–Crippen LogP) is 5.02. The number of halogens is 1. The summed E-state index contributed by atoms with van der Waals surface area (Å²) in [7, 11) is 1.66. The minimum absolute atomic E-state index is 0.255. The molecular formula is C25H25FN4O2. The molecule has 164 valence electrons. The molecule has 0 radical (unpaired) electrons. The van der Waals surface area contributed by atoms with Crippen LogP contribution in [0.15, 0.2) is 66.2 Å². The van der Waals surface area contributed by atoms with Crippen molar-refractivity contribution in [2.24, 2.45) is 5.16 Å². The van der Waals surface area contributed by atoms with E-state index in [0.717, 1.165) is 59.9 Å². The van der Waals surface area contributed by atoms with Crippen molar-refractivity contribution in [2.75, 3.05) is 13.7 Å². The smallest absolute Gasteiger partial charge is 0.237 e. The van der Waals surface area contributed by atoms with Crippen LogP contribution in [0.2, 0.25) is 0 Å². The number of imidazole rings is 1. The third kappa shape index (κ3) is 3.53. The molecule has 0 N–H and O–H groups in total. The summed E-state index contributed by atoms with van der Waals surface area (Å²) in [4.78, 5) is 12.5. The van der Waals surface area contributed by atoms with Gasteiger partial charge in [-0.15, -0.1) is 0 Å². The molecule has 7 heteroatoms. The highest BCUT2D eigenvalue weighted by Crippen LogP contribution is 2.43. The highest BCUT2D eigenvalue weighted by molar-refractivity contribution is 5.97. The van der Waals surface area contributed by atoms with Gasteiger partial charge in [0.25, 0.3) is 0 Å². The van der Waals surface area contributed by atoms with Crippen LogP contribution in [0, 0.1) is 12.7 Å². The van der Waals surface area contributed by atoms with E-state index in [2.05, 4.69) is 15.0 Å². The van der Waals surface area contributed by atoms with Gasteiger partial charge in [-0.1, -0.05) is 29.4 Å². The first-order chi connectivity index (χ1) is 15.6. The van der Waals surface area contributed by atoms with Crippen LogP contribution in [0.3, 0.4) is 0 Å². The molecule has 3 heterocycles. The zero-order valence-corrected chi connectivity index (χ0v) is 18.2. The summed E-state index contributed by atoms with van der Waals surface area (Å²) in [5.74, 6) is 1.27. The second-order valence-electron chi connectivity index (χ2n) is 8.13. The van der Waals surface area contributed by atoms with Crippen LogP contribution in [-0.4, -0.2) is 33.9 Å². The molecule has 0 unspecified atom stereocenters. The lowest BCUT2D eigenvalue weighted by Crippen LogP contribution is -2.48. The van der Waals surface area contributed by atoms with Gasteiger partial charge in [-0.05, 0) is 55.7 Å². The number of hydrogen-bond acceptors (Lipinski definition) is 5. The van der Waals surface area contributed by atoms with Crippen LogP contribution in [0.25, 0.3) is 11.8 Å². The Bertz CT molecular complexity index is 1180. The van der Waals surface area contributed by atoms with Crippen LogP contribution < -0.4 is 4.74 Å². The normalized spacial score (nSPS) is 20.2. The Morgan fingerprint density at radius 3 is 2.72 bits per heavy atom. The molecule has 3 aromatic rings. The average molecular weight is 432 g/mol. The lowest BCUT2D eigenvalue weighted by molar-refractivity contribution is -0.125. The zero-order chi connectivity index (χ0) is 22.1. The number of benzene rings is 2. The van der Waals surface area contributed by atoms with Crippen molar-refractivity contribution in [1.82, 2.24) is 14.5 Å². The lowest BCUT2D eigenvalue weighted by Gasteiger charge is -2.40. The first-order valence-electron chi connectivity index (χ1n) is 10.8. The Morgan fingerprint density at radius 2 is 1.97 bits per heavy atom. The molecule has 0 amide bonds. The number of oxime groups is 1. The zero-order valence-electron chi connectivity index (χ0n) is 18.2. The van der Waals surface area contributed by atoms with Crippen LogP contribution in [0.4, 0.5) is 4.39 Å². The summed E-state index contributed by atoms with van der Waals surface area (Å²) in [6.45, 7) is 2.79. The molecule has 32 heavy (non-hydrogen) atoms. The summed E-state index contributed by atoms with van der Waals surface area (Å²) in [6, 6.07) is 12.6. The summed E-state index contributed by atoms with van der Waals surface area (Å²) in [6.07, 6.45) is 10.6. The quantitative estimate of drug-likeness (QED) is 0.568. The van der Waals surface area contributed by atoms with E-state index in [4.69, 9.17) is 9.57 Å². The lowest BCUT2D eigenvalue weighted by atomic mass is 9.91. The largest absolute Gasteiger partial charge is 0.495 e. The standard InChI is InChI=1S/C25H25FN4O2/c1-18-16-29(17-27-18)22-11-5-19(15-23(22)31-2)6-12-24-28-32-25(13-3-4-14-30(24)25)20-7-9-21(26)10-8-20/h5-12,15-17H,3-4,13-14H2,1-2H3/b12-6+/t25-/m0/s1. The summed E-state index contributed by atoms with van der Waals surface area (Å²) < 4.78 is 21.0. The monoisotopic (exact) mass is 432 g/mol. The topological polar surface area (TPSA) is 51.9 Å². The first kappa shape index (κ1) is 20.3. The van der Waals surface area contributed by atoms with Gasteiger partial charge in [-0.3, -0.25) is 0 Å². The van der Waals surface area contributed by atoms with Crippen molar-refractivity contribution < 1.29 is 14.0 Å².